The molecule has 0 saturated carbocycles. The summed E-state index contributed by atoms with van der Waals surface area (Å²) in [5, 5.41) is 4.15. The van der Waals surface area contributed by atoms with E-state index in [1.54, 1.807) is 36.1 Å². The van der Waals surface area contributed by atoms with Gasteiger partial charge in [-0.25, -0.2) is 4.39 Å². The molecule has 0 bridgehead atoms. The third-order valence-corrected chi connectivity index (χ3v) is 2.81. The Hall–Kier alpha value is -1.88. The van der Waals surface area contributed by atoms with E-state index in [9.17, 15) is 4.39 Å². The molecule has 19 heavy (non-hydrogen) atoms. The number of nitrogens with zero attached hydrogens (tertiary/aromatic N) is 2. The molecule has 1 aromatic heterocycles. The van der Waals surface area contributed by atoms with Crippen molar-refractivity contribution in [1.82, 2.24) is 9.78 Å². The number of benzene rings is 1. The minimum Gasteiger partial charge on any atom is -0.451 e. The highest BCUT2D eigenvalue weighted by Gasteiger charge is 2.15. The summed E-state index contributed by atoms with van der Waals surface area (Å²) in [7, 11) is 0. The molecule has 1 atom stereocenters. The monoisotopic (exact) mass is 263 g/mol. The molecule has 0 fully saturated rings. The van der Waals surface area contributed by atoms with Crippen LogP contribution in [-0.2, 0) is 0 Å². The van der Waals surface area contributed by atoms with Gasteiger partial charge in [-0.3, -0.25) is 4.68 Å². The van der Waals surface area contributed by atoms with E-state index in [1.165, 1.54) is 6.07 Å². The lowest BCUT2D eigenvalue weighted by molar-refractivity contribution is 0.430. The third-order valence-electron chi connectivity index (χ3n) is 2.81. The van der Waals surface area contributed by atoms with Crippen molar-refractivity contribution in [1.29, 1.82) is 0 Å². The first-order chi connectivity index (χ1) is 8.99. The van der Waals surface area contributed by atoms with E-state index in [0.717, 1.165) is 0 Å². The maximum atomic E-state index is 13.9. The van der Waals surface area contributed by atoms with Crippen molar-refractivity contribution in [3.63, 3.8) is 0 Å². The van der Waals surface area contributed by atoms with Crippen LogP contribution in [0.15, 0.2) is 30.6 Å². The van der Waals surface area contributed by atoms with Gasteiger partial charge in [0, 0.05) is 17.6 Å². The minimum atomic E-state index is -0.424. The Bertz CT molecular complexity index is 564. The number of hydrogen-bond acceptors (Lipinski definition) is 3. The molecule has 0 aliphatic rings. The van der Waals surface area contributed by atoms with E-state index in [-0.39, 0.29) is 17.8 Å². The standard InChI is InChI=1S/C14H18FN3O/c1-9(2)18-8-11(7-17-18)19-14-12(10(3)16)5-4-6-13(14)15/h4-10H,16H2,1-3H3/t10-/m0/s1. The van der Waals surface area contributed by atoms with Crippen LogP contribution >= 0.6 is 0 Å². The summed E-state index contributed by atoms with van der Waals surface area (Å²) in [6.45, 7) is 5.81. The SMILES string of the molecule is CC(C)n1cc(Oc2c(F)cccc2[C@H](C)N)cn1. The maximum Gasteiger partial charge on any atom is 0.167 e. The van der Waals surface area contributed by atoms with Gasteiger partial charge >= 0.3 is 0 Å². The lowest BCUT2D eigenvalue weighted by atomic mass is 10.1. The second kappa shape index (κ2) is 5.40. The Labute approximate surface area is 112 Å². The number of aromatic nitrogens is 2. The van der Waals surface area contributed by atoms with Crippen LogP contribution in [0.2, 0.25) is 0 Å². The van der Waals surface area contributed by atoms with Crippen LogP contribution in [0.3, 0.4) is 0 Å². The van der Waals surface area contributed by atoms with E-state index < -0.39 is 5.82 Å². The summed E-state index contributed by atoms with van der Waals surface area (Å²) in [5.41, 5.74) is 6.46. The van der Waals surface area contributed by atoms with Gasteiger partial charge in [0.1, 0.15) is 0 Å². The highest BCUT2D eigenvalue weighted by molar-refractivity contribution is 5.39. The van der Waals surface area contributed by atoms with Crippen molar-refractivity contribution in [3.8, 4) is 11.5 Å². The predicted octanol–water partition coefficient (Wildman–Crippen LogP) is 3.42. The summed E-state index contributed by atoms with van der Waals surface area (Å²) in [5.74, 6) is 0.244. The molecule has 2 aromatic rings. The molecule has 2 N–H and O–H groups in total. The lowest BCUT2D eigenvalue weighted by Gasteiger charge is -2.13. The number of nitrogens with two attached hydrogens (primary N) is 1. The van der Waals surface area contributed by atoms with E-state index in [0.29, 0.717) is 11.3 Å². The molecule has 1 aromatic carbocycles. The fourth-order valence-electron chi connectivity index (χ4n) is 1.77. The molecule has 102 valence electrons. The topological polar surface area (TPSA) is 53.1 Å². The molecular formula is C14H18FN3O. The Balaban J connectivity index is 2.32. The largest absolute Gasteiger partial charge is 0.451 e. The Kier molecular flexibility index (Phi) is 3.85. The predicted molar refractivity (Wildman–Crippen MR) is 71.7 cm³/mol. The van der Waals surface area contributed by atoms with Gasteiger partial charge in [-0.2, -0.15) is 5.10 Å². The number of rotatable bonds is 4. The third kappa shape index (κ3) is 2.93. The molecule has 0 spiro atoms. The van der Waals surface area contributed by atoms with Crippen molar-refractivity contribution in [2.45, 2.75) is 32.9 Å². The molecule has 0 amide bonds. The average Bonchev–Trinajstić information content (AvgIpc) is 2.80. The summed E-state index contributed by atoms with van der Waals surface area (Å²) < 4.78 is 21.2. The summed E-state index contributed by atoms with van der Waals surface area (Å²) in [4.78, 5) is 0. The minimum absolute atomic E-state index is 0.167. The second-order valence-corrected chi connectivity index (χ2v) is 4.80. The molecule has 0 saturated heterocycles. The van der Waals surface area contributed by atoms with Crippen LogP contribution in [0.5, 0.6) is 11.5 Å². The molecule has 2 rings (SSSR count). The van der Waals surface area contributed by atoms with Gasteiger partial charge in [-0.05, 0) is 26.8 Å². The first-order valence-electron chi connectivity index (χ1n) is 6.25. The van der Waals surface area contributed by atoms with Crippen molar-refractivity contribution < 1.29 is 9.13 Å². The molecule has 0 radical (unpaired) electrons. The van der Waals surface area contributed by atoms with Gasteiger partial charge < -0.3 is 10.5 Å². The number of para-hydroxylation sites is 1. The first kappa shape index (κ1) is 13.5. The van der Waals surface area contributed by atoms with Crippen LogP contribution < -0.4 is 10.5 Å². The summed E-state index contributed by atoms with van der Waals surface area (Å²) >= 11 is 0. The zero-order valence-corrected chi connectivity index (χ0v) is 11.3. The molecule has 4 nitrogen and oxygen atoms in total. The summed E-state index contributed by atoms with van der Waals surface area (Å²) in [6.07, 6.45) is 3.31. The molecule has 0 aliphatic carbocycles. The summed E-state index contributed by atoms with van der Waals surface area (Å²) in [6, 6.07) is 4.67. The first-order valence-corrected chi connectivity index (χ1v) is 6.25. The van der Waals surface area contributed by atoms with Crippen LogP contribution in [-0.4, -0.2) is 9.78 Å². The van der Waals surface area contributed by atoms with Gasteiger partial charge in [-0.15, -0.1) is 0 Å². The Morgan fingerprint density at radius 2 is 2.05 bits per heavy atom. The number of halogens is 1. The fraction of sp³-hybridized carbons (Fsp3) is 0.357. The molecule has 5 heteroatoms. The number of ether oxygens (including phenoxy) is 1. The zero-order chi connectivity index (χ0) is 14.0. The van der Waals surface area contributed by atoms with Gasteiger partial charge in [0.05, 0.1) is 12.4 Å². The van der Waals surface area contributed by atoms with Crippen LogP contribution in [0.25, 0.3) is 0 Å². The highest BCUT2D eigenvalue weighted by Crippen LogP contribution is 2.31. The molecule has 1 heterocycles. The fourth-order valence-corrected chi connectivity index (χ4v) is 1.77. The van der Waals surface area contributed by atoms with Crippen LogP contribution in [0, 0.1) is 5.82 Å². The van der Waals surface area contributed by atoms with E-state index in [4.69, 9.17) is 10.5 Å². The van der Waals surface area contributed by atoms with Crippen molar-refractivity contribution in [2.75, 3.05) is 0 Å². The molecule has 0 unspecified atom stereocenters. The van der Waals surface area contributed by atoms with Gasteiger partial charge in [0.25, 0.3) is 0 Å². The highest BCUT2D eigenvalue weighted by atomic mass is 19.1. The molecule has 0 aliphatic heterocycles. The average molecular weight is 263 g/mol. The van der Waals surface area contributed by atoms with Crippen LogP contribution in [0.1, 0.15) is 38.4 Å². The molecular weight excluding hydrogens is 245 g/mol. The van der Waals surface area contributed by atoms with Crippen molar-refractivity contribution in [2.24, 2.45) is 5.73 Å². The van der Waals surface area contributed by atoms with Crippen LogP contribution in [0.4, 0.5) is 4.39 Å². The Morgan fingerprint density at radius 3 is 2.63 bits per heavy atom. The zero-order valence-electron chi connectivity index (χ0n) is 11.3. The van der Waals surface area contributed by atoms with E-state index in [2.05, 4.69) is 5.10 Å². The maximum absolute atomic E-state index is 13.9. The quantitative estimate of drug-likeness (QED) is 0.919. The van der Waals surface area contributed by atoms with Gasteiger partial charge in [0.2, 0.25) is 0 Å². The van der Waals surface area contributed by atoms with Crippen molar-refractivity contribution >= 4 is 0 Å². The van der Waals surface area contributed by atoms with Crippen molar-refractivity contribution in [3.05, 3.63) is 42.0 Å². The number of hydrogen-bond donors (Lipinski definition) is 1. The van der Waals surface area contributed by atoms with E-state index >= 15 is 0 Å². The smallest absolute Gasteiger partial charge is 0.167 e. The second-order valence-electron chi connectivity index (χ2n) is 4.80. The Morgan fingerprint density at radius 1 is 1.32 bits per heavy atom. The normalized spacial score (nSPS) is 12.7. The van der Waals surface area contributed by atoms with Gasteiger partial charge in [0.15, 0.2) is 17.3 Å². The lowest BCUT2D eigenvalue weighted by Crippen LogP contribution is -2.07. The van der Waals surface area contributed by atoms with E-state index in [1.807, 2.05) is 13.8 Å². The van der Waals surface area contributed by atoms with Gasteiger partial charge in [-0.1, -0.05) is 12.1 Å².